The van der Waals surface area contributed by atoms with E-state index in [2.05, 4.69) is 25.4 Å². The number of hydrogen-bond acceptors (Lipinski definition) is 5. The number of rotatable bonds is 2. The van der Waals surface area contributed by atoms with E-state index < -0.39 is 0 Å². The predicted octanol–water partition coefficient (Wildman–Crippen LogP) is 1.42. The van der Waals surface area contributed by atoms with Crippen LogP contribution in [0.5, 0.6) is 0 Å². The molecule has 1 amide bonds. The molecular weight excluding hydrogens is 268 g/mol. The predicted molar refractivity (Wildman–Crippen MR) is 68.0 cm³/mol. The molecule has 3 aromatic rings. The van der Waals surface area contributed by atoms with Gasteiger partial charge in [0.15, 0.2) is 5.82 Å². The van der Waals surface area contributed by atoms with Crippen molar-refractivity contribution in [3.8, 4) is 0 Å². The topological polar surface area (TPSA) is 85.1 Å². The Hall–Kier alpha value is -2.54. The lowest BCUT2D eigenvalue weighted by atomic mass is 10.3. The number of fused-ring (bicyclic) bond motifs is 1. The zero-order valence-corrected chi connectivity index (χ0v) is 10.2. The molecule has 3 rings (SSSR count). The standard InChI is InChI=1S/C11H7ClN6O/c12-9-5-14-6-10(16-9)17-11(19)7-3-15-18-2-1-13-4-8(7)18/h1-6H,(H,16,17,19). The van der Waals surface area contributed by atoms with Gasteiger partial charge in [0.05, 0.1) is 35.9 Å². The van der Waals surface area contributed by atoms with Gasteiger partial charge in [-0.05, 0) is 0 Å². The fraction of sp³-hybridized carbons (Fsp3) is 0. The van der Waals surface area contributed by atoms with Gasteiger partial charge in [-0.1, -0.05) is 11.6 Å². The first-order chi connectivity index (χ1) is 9.24. The third-order valence-corrected chi connectivity index (χ3v) is 2.60. The molecule has 0 aliphatic carbocycles. The summed E-state index contributed by atoms with van der Waals surface area (Å²) in [5.41, 5.74) is 1.00. The second kappa shape index (κ2) is 4.62. The van der Waals surface area contributed by atoms with E-state index in [1.54, 1.807) is 23.1 Å². The maximum Gasteiger partial charge on any atom is 0.260 e. The molecule has 0 aromatic carbocycles. The summed E-state index contributed by atoms with van der Waals surface area (Å²) in [5.74, 6) is -0.0692. The monoisotopic (exact) mass is 274 g/mol. The van der Waals surface area contributed by atoms with Crippen LogP contribution in [-0.2, 0) is 0 Å². The number of carbonyl (C=O) groups is 1. The maximum atomic E-state index is 12.1. The van der Waals surface area contributed by atoms with Gasteiger partial charge in [0.1, 0.15) is 5.15 Å². The van der Waals surface area contributed by atoms with Crippen molar-refractivity contribution in [1.29, 1.82) is 0 Å². The number of anilines is 1. The van der Waals surface area contributed by atoms with Crippen LogP contribution in [0, 0.1) is 0 Å². The van der Waals surface area contributed by atoms with Crippen LogP contribution in [0.15, 0.2) is 37.2 Å². The number of halogens is 1. The molecule has 1 N–H and O–H groups in total. The fourth-order valence-corrected chi connectivity index (χ4v) is 1.74. The van der Waals surface area contributed by atoms with E-state index in [1.165, 1.54) is 18.6 Å². The third kappa shape index (κ3) is 2.23. The Morgan fingerprint density at radius 1 is 1.21 bits per heavy atom. The summed E-state index contributed by atoms with van der Waals surface area (Å²) in [4.78, 5) is 23.8. The Bertz CT molecular complexity index is 756. The van der Waals surface area contributed by atoms with Crippen LogP contribution < -0.4 is 5.32 Å². The van der Waals surface area contributed by atoms with Gasteiger partial charge in [-0.2, -0.15) is 5.10 Å². The van der Waals surface area contributed by atoms with Crippen LogP contribution in [-0.4, -0.2) is 30.5 Å². The minimum Gasteiger partial charge on any atom is -0.305 e. The van der Waals surface area contributed by atoms with Gasteiger partial charge in [-0.3, -0.25) is 14.8 Å². The average molecular weight is 275 g/mol. The second-order valence-corrected chi connectivity index (χ2v) is 4.03. The van der Waals surface area contributed by atoms with E-state index in [9.17, 15) is 4.79 Å². The molecular formula is C11H7ClN6O. The largest absolute Gasteiger partial charge is 0.305 e. The normalized spacial score (nSPS) is 10.6. The molecule has 0 bridgehead atoms. The molecule has 0 aliphatic heterocycles. The molecule has 19 heavy (non-hydrogen) atoms. The molecule has 0 atom stereocenters. The fourth-order valence-electron chi connectivity index (χ4n) is 1.60. The van der Waals surface area contributed by atoms with Crippen LogP contribution in [0.4, 0.5) is 5.82 Å². The number of aromatic nitrogens is 5. The Balaban J connectivity index is 1.92. The van der Waals surface area contributed by atoms with Crippen molar-refractivity contribution in [3.05, 3.63) is 47.9 Å². The number of carbonyl (C=O) groups excluding carboxylic acids is 1. The second-order valence-electron chi connectivity index (χ2n) is 3.65. The SMILES string of the molecule is O=C(Nc1cncc(Cl)n1)c1cnn2ccncc12. The van der Waals surface area contributed by atoms with Crippen LogP contribution >= 0.6 is 11.6 Å². The van der Waals surface area contributed by atoms with Gasteiger partial charge in [0.2, 0.25) is 0 Å². The molecule has 94 valence electrons. The molecule has 3 aromatic heterocycles. The lowest BCUT2D eigenvalue weighted by Crippen LogP contribution is -2.13. The first-order valence-corrected chi connectivity index (χ1v) is 5.68. The Morgan fingerprint density at radius 2 is 2.11 bits per heavy atom. The summed E-state index contributed by atoms with van der Waals surface area (Å²) in [6, 6.07) is 0. The molecule has 0 radical (unpaired) electrons. The quantitative estimate of drug-likeness (QED) is 0.764. The van der Waals surface area contributed by atoms with Gasteiger partial charge < -0.3 is 5.32 Å². The van der Waals surface area contributed by atoms with E-state index >= 15 is 0 Å². The Kier molecular flexibility index (Phi) is 2.81. The van der Waals surface area contributed by atoms with Crippen molar-refractivity contribution >= 4 is 28.8 Å². The lowest BCUT2D eigenvalue weighted by Gasteiger charge is -2.02. The Morgan fingerprint density at radius 3 is 2.95 bits per heavy atom. The van der Waals surface area contributed by atoms with E-state index in [4.69, 9.17) is 11.6 Å². The van der Waals surface area contributed by atoms with E-state index in [1.807, 2.05) is 0 Å². The average Bonchev–Trinajstić information content (AvgIpc) is 2.82. The van der Waals surface area contributed by atoms with Crippen molar-refractivity contribution < 1.29 is 4.79 Å². The molecule has 8 heteroatoms. The summed E-state index contributed by atoms with van der Waals surface area (Å²) in [5, 5.41) is 6.86. The van der Waals surface area contributed by atoms with Gasteiger partial charge in [-0.25, -0.2) is 9.50 Å². The number of nitrogens with one attached hydrogen (secondary N) is 1. The van der Waals surface area contributed by atoms with Gasteiger partial charge in [0.25, 0.3) is 5.91 Å². The highest BCUT2D eigenvalue weighted by Gasteiger charge is 2.13. The van der Waals surface area contributed by atoms with E-state index in [-0.39, 0.29) is 16.9 Å². The van der Waals surface area contributed by atoms with Gasteiger partial charge >= 0.3 is 0 Å². The summed E-state index contributed by atoms with van der Waals surface area (Å²) < 4.78 is 1.56. The number of hydrogen-bond donors (Lipinski definition) is 1. The highest BCUT2D eigenvalue weighted by Crippen LogP contribution is 2.12. The molecule has 0 spiro atoms. The zero-order valence-electron chi connectivity index (χ0n) is 9.49. The lowest BCUT2D eigenvalue weighted by molar-refractivity contribution is 0.102. The van der Waals surface area contributed by atoms with Gasteiger partial charge in [0, 0.05) is 12.4 Å². The van der Waals surface area contributed by atoms with E-state index in [0.29, 0.717) is 11.1 Å². The molecule has 7 nitrogen and oxygen atoms in total. The third-order valence-electron chi connectivity index (χ3n) is 2.42. The molecule has 0 saturated heterocycles. The van der Waals surface area contributed by atoms with Crippen LogP contribution in [0.1, 0.15) is 10.4 Å². The van der Waals surface area contributed by atoms with Gasteiger partial charge in [-0.15, -0.1) is 0 Å². The van der Waals surface area contributed by atoms with Crippen molar-refractivity contribution in [2.24, 2.45) is 0 Å². The smallest absolute Gasteiger partial charge is 0.260 e. The van der Waals surface area contributed by atoms with Crippen molar-refractivity contribution in [2.75, 3.05) is 5.32 Å². The maximum absolute atomic E-state index is 12.1. The number of nitrogens with zero attached hydrogens (tertiary/aromatic N) is 5. The summed E-state index contributed by atoms with van der Waals surface area (Å²) in [6.07, 6.45) is 9.06. The van der Waals surface area contributed by atoms with Crippen molar-refractivity contribution in [1.82, 2.24) is 24.6 Å². The van der Waals surface area contributed by atoms with Crippen LogP contribution in [0.2, 0.25) is 5.15 Å². The summed E-state index contributed by atoms with van der Waals surface area (Å²) in [7, 11) is 0. The minimum atomic E-state index is -0.348. The Labute approximate surface area is 112 Å². The summed E-state index contributed by atoms with van der Waals surface area (Å²) >= 11 is 5.70. The van der Waals surface area contributed by atoms with Crippen molar-refractivity contribution in [3.63, 3.8) is 0 Å². The molecule has 0 saturated carbocycles. The van der Waals surface area contributed by atoms with Crippen LogP contribution in [0.25, 0.3) is 5.52 Å². The zero-order chi connectivity index (χ0) is 13.2. The first kappa shape index (κ1) is 11.5. The molecule has 0 fully saturated rings. The number of amides is 1. The first-order valence-electron chi connectivity index (χ1n) is 5.30. The highest BCUT2D eigenvalue weighted by atomic mass is 35.5. The highest BCUT2D eigenvalue weighted by molar-refractivity contribution is 6.29. The summed E-state index contributed by atoms with van der Waals surface area (Å²) in [6.45, 7) is 0. The van der Waals surface area contributed by atoms with E-state index in [0.717, 1.165) is 0 Å². The molecule has 0 aliphatic rings. The van der Waals surface area contributed by atoms with Crippen LogP contribution in [0.3, 0.4) is 0 Å². The molecule has 0 unspecified atom stereocenters. The molecule has 3 heterocycles. The van der Waals surface area contributed by atoms with Crippen molar-refractivity contribution in [2.45, 2.75) is 0 Å². The minimum absolute atomic E-state index is 0.208.